The quantitative estimate of drug-likeness (QED) is 0.923. The van der Waals surface area contributed by atoms with Crippen molar-refractivity contribution in [1.29, 1.82) is 0 Å². The standard InChI is InChI=1S/C17H25N5S/c1-10(2)22-7-6-14(9-22)15-8-16(20-13(5)19-15)21-17-18-11(3)12(4)23-17/h8,10,14H,6-7,9H2,1-5H3,(H,18,19,20,21). The third-order valence-corrected chi connectivity index (χ3v) is 5.48. The number of likely N-dealkylation sites (tertiary alicyclic amines) is 1. The Labute approximate surface area is 142 Å². The molecule has 3 heterocycles. The Morgan fingerprint density at radius 2 is 2.00 bits per heavy atom. The lowest BCUT2D eigenvalue weighted by Gasteiger charge is -2.20. The molecule has 0 amide bonds. The van der Waals surface area contributed by atoms with Gasteiger partial charge in [0.1, 0.15) is 11.6 Å². The highest BCUT2D eigenvalue weighted by Crippen LogP contribution is 2.30. The van der Waals surface area contributed by atoms with Crippen molar-refractivity contribution in [1.82, 2.24) is 19.9 Å². The first-order valence-electron chi connectivity index (χ1n) is 8.23. The van der Waals surface area contributed by atoms with Crippen molar-refractivity contribution in [2.45, 2.75) is 53.0 Å². The molecule has 2 aromatic rings. The lowest BCUT2D eigenvalue weighted by atomic mass is 10.0. The van der Waals surface area contributed by atoms with E-state index < -0.39 is 0 Å². The van der Waals surface area contributed by atoms with Gasteiger partial charge in [0.2, 0.25) is 0 Å². The molecule has 2 aromatic heterocycles. The maximum atomic E-state index is 4.68. The van der Waals surface area contributed by atoms with E-state index in [-0.39, 0.29) is 0 Å². The molecule has 1 unspecified atom stereocenters. The fourth-order valence-corrected chi connectivity index (χ4v) is 3.82. The van der Waals surface area contributed by atoms with Gasteiger partial charge < -0.3 is 10.2 Å². The summed E-state index contributed by atoms with van der Waals surface area (Å²) >= 11 is 1.67. The number of hydrogen-bond donors (Lipinski definition) is 1. The minimum atomic E-state index is 0.499. The number of anilines is 2. The summed E-state index contributed by atoms with van der Waals surface area (Å²) < 4.78 is 0. The molecule has 1 N–H and O–H groups in total. The first kappa shape index (κ1) is 16.3. The van der Waals surface area contributed by atoms with Gasteiger partial charge in [0.05, 0.1) is 11.4 Å². The number of thiazole rings is 1. The summed E-state index contributed by atoms with van der Waals surface area (Å²) in [6.07, 6.45) is 1.17. The van der Waals surface area contributed by atoms with Crippen molar-refractivity contribution in [2.75, 3.05) is 18.4 Å². The Morgan fingerprint density at radius 3 is 2.61 bits per heavy atom. The van der Waals surface area contributed by atoms with Crippen LogP contribution in [0, 0.1) is 20.8 Å². The van der Waals surface area contributed by atoms with E-state index in [1.807, 2.05) is 13.8 Å². The van der Waals surface area contributed by atoms with Gasteiger partial charge in [0.25, 0.3) is 0 Å². The van der Waals surface area contributed by atoms with Gasteiger partial charge in [0, 0.05) is 29.4 Å². The van der Waals surface area contributed by atoms with Crippen LogP contribution in [0.25, 0.3) is 0 Å². The van der Waals surface area contributed by atoms with Gasteiger partial charge in [-0.3, -0.25) is 0 Å². The summed E-state index contributed by atoms with van der Waals surface area (Å²) in [7, 11) is 0. The minimum absolute atomic E-state index is 0.499. The Balaban J connectivity index is 1.79. The van der Waals surface area contributed by atoms with E-state index in [1.54, 1.807) is 11.3 Å². The SMILES string of the molecule is Cc1nc(Nc2nc(C)c(C)s2)cc(C2CCN(C(C)C)C2)n1. The van der Waals surface area contributed by atoms with E-state index in [0.29, 0.717) is 12.0 Å². The van der Waals surface area contributed by atoms with Crippen LogP contribution in [0.4, 0.5) is 10.9 Å². The van der Waals surface area contributed by atoms with Crippen molar-refractivity contribution in [3.05, 3.63) is 28.2 Å². The second-order valence-corrected chi connectivity index (χ2v) is 7.79. The number of nitrogens with one attached hydrogen (secondary N) is 1. The van der Waals surface area contributed by atoms with Crippen LogP contribution < -0.4 is 5.32 Å². The van der Waals surface area contributed by atoms with Gasteiger partial charge in [-0.2, -0.15) is 0 Å². The largest absolute Gasteiger partial charge is 0.316 e. The topological polar surface area (TPSA) is 53.9 Å². The van der Waals surface area contributed by atoms with E-state index in [4.69, 9.17) is 0 Å². The minimum Gasteiger partial charge on any atom is -0.316 e. The van der Waals surface area contributed by atoms with Crippen LogP contribution in [-0.2, 0) is 0 Å². The molecule has 1 fully saturated rings. The molecule has 5 nitrogen and oxygen atoms in total. The summed E-state index contributed by atoms with van der Waals surface area (Å²) in [4.78, 5) is 17.5. The second kappa shape index (κ2) is 6.53. The average Bonchev–Trinajstić information content (AvgIpc) is 3.06. The molecule has 0 aromatic carbocycles. The van der Waals surface area contributed by atoms with E-state index in [2.05, 4.69) is 52.0 Å². The van der Waals surface area contributed by atoms with Crippen LogP contribution in [0.5, 0.6) is 0 Å². The lowest BCUT2D eigenvalue weighted by molar-refractivity contribution is 0.272. The molecule has 1 atom stereocenters. The summed E-state index contributed by atoms with van der Waals surface area (Å²) in [6, 6.07) is 2.69. The van der Waals surface area contributed by atoms with Crippen LogP contribution >= 0.6 is 11.3 Å². The molecule has 6 heteroatoms. The van der Waals surface area contributed by atoms with E-state index in [9.17, 15) is 0 Å². The van der Waals surface area contributed by atoms with Crippen molar-refractivity contribution < 1.29 is 0 Å². The second-order valence-electron chi connectivity index (χ2n) is 6.59. The smallest absolute Gasteiger partial charge is 0.188 e. The maximum Gasteiger partial charge on any atom is 0.188 e. The van der Waals surface area contributed by atoms with Gasteiger partial charge in [-0.05, 0) is 47.6 Å². The van der Waals surface area contributed by atoms with Gasteiger partial charge in [-0.1, -0.05) is 0 Å². The predicted molar refractivity (Wildman–Crippen MR) is 95.7 cm³/mol. The fraction of sp³-hybridized carbons (Fsp3) is 0.588. The molecule has 1 saturated heterocycles. The third-order valence-electron chi connectivity index (χ3n) is 4.49. The van der Waals surface area contributed by atoms with Gasteiger partial charge >= 0.3 is 0 Å². The molecular weight excluding hydrogens is 306 g/mol. The number of nitrogens with zero attached hydrogens (tertiary/aromatic N) is 4. The number of rotatable bonds is 4. The van der Waals surface area contributed by atoms with Crippen LogP contribution in [0.3, 0.4) is 0 Å². The molecule has 23 heavy (non-hydrogen) atoms. The first-order chi connectivity index (χ1) is 10.9. The molecule has 1 aliphatic rings. The Bertz CT molecular complexity index is 675. The molecule has 0 aliphatic carbocycles. The summed E-state index contributed by atoms with van der Waals surface area (Å²) in [6.45, 7) is 12.8. The molecule has 0 radical (unpaired) electrons. The lowest BCUT2D eigenvalue weighted by Crippen LogP contribution is -2.28. The highest BCUT2D eigenvalue weighted by molar-refractivity contribution is 7.15. The Morgan fingerprint density at radius 1 is 1.22 bits per heavy atom. The first-order valence-corrected chi connectivity index (χ1v) is 9.04. The summed E-state index contributed by atoms with van der Waals surface area (Å²) in [5, 5.41) is 4.25. The average molecular weight is 331 g/mol. The Kier molecular flexibility index (Phi) is 4.64. The third kappa shape index (κ3) is 3.70. The normalized spacial score (nSPS) is 18.8. The highest BCUT2D eigenvalue weighted by Gasteiger charge is 2.27. The monoisotopic (exact) mass is 331 g/mol. The summed E-state index contributed by atoms with van der Waals surface area (Å²) in [5.41, 5.74) is 2.22. The molecule has 124 valence electrons. The van der Waals surface area contributed by atoms with Gasteiger partial charge in [0.15, 0.2) is 5.13 Å². The predicted octanol–water partition coefficient (Wildman–Crippen LogP) is 3.80. The van der Waals surface area contributed by atoms with Crippen molar-refractivity contribution in [3.8, 4) is 0 Å². The molecule has 0 saturated carbocycles. The van der Waals surface area contributed by atoms with Gasteiger partial charge in [-0.25, -0.2) is 15.0 Å². The fourth-order valence-electron chi connectivity index (χ4n) is 3.00. The number of aromatic nitrogens is 3. The van der Waals surface area contributed by atoms with Crippen molar-refractivity contribution in [2.24, 2.45) is 0 Å². The van der Waals surface area contributed by atoms with Crippen LogP contribution in [-0.4, -0.2) is 39.0 Å². The van der Waals surface area contributed by atoms with E-state index >= 15 is 0 Å². The zero-order chi connectivity index (χ0) is 16.6. The molecular formula is C17H25N5S. The highest BCUT2D eigenvalue weighted by atomic mass is 32.1. The number of aryl methyl sites for hydroxylation is 3. The zero-order valence-electron chi connectivity index (χ0n) is 14.6. The van der Waals surface area contributed by atoms with Crippen molar-refractivity contribution >= 4 is 22.3 Å². The Hall–Kier alpha value is -1.53. The van der Waals surface area contributed by atoms with E-state index in [1.165, 1.54) is 11.3 Å². The molecule has 0 spiro atoms. The summed E-state index contributed by atoms with van der Waals surface area (Å²) in [5.74, 6) is 2.17. The van der Waals surface area contributed by atoms with E-state index in [0.717, 1.165) is 41.3 Å². The van der Waals surface area contributed by atoms with Gasteiger partial charge in [-0.15, -0.1) is 11.3 Å². The van der Waals surface area contributed by atoms with Crippen LogP contribution in [0.15, 0.2) is 6.07 Å². The maximum absolute atomic E-state index is 4.68. The van der Waals surface area contributed by atoms with Crippen molar-refractivity contribution in [3.63, 3.8) is 0 Å². The zero-order valence-corrected chi connectivity index (χ0v) is 15.4. The molecule has 3 rings (SSSR count). The molecule has 1 aliphatic heterocycles. The molecule has 0 bridgehead atoms. The number of hydrogen-bond acceptors (Lipinski definition) is 6. The van der Waals surface area contributed by atoms with Crippen LogP contribution in [0.1, 0.15) is 48.3 Å². The van der Waals surface area contributed by atoms with Crippen LogP contribution in [0.2, 0.25) is 0 Å².